The van der Waals surface area contributed by atoms with Crippen LogP contribution in [0.5, 0.6) is 0 Å². The van der Waals surface area contributed by atoms with E-state index in [1.54, 1.807) is 10.9 Å². The zero-order chi connectivity index (χ0) is 16.4. The third-order valence-electron chi connectivity index (χ3n) is 4.03. The molecule has 2 fully saturated rings. The van der Waals surface area contributed by atoms with Crippen molar-refractivity contribution in [2.24, 2.45) is 0 Å². The number of hydrogen-bond donors (Lipinski definition) is 1. The Morgan fingerprint density at radius 3 is 2.78 bits per heavy atom. The van der Waals surface area contributed by atoms with Crippen LogP contribution in [-0.2, 0) is 14.2 Å². The van der Waals surface area contributed by atoms with Gasteiger partial charge in [-0.1, -0.05) is 23.2 Å². The molecule has 0 radical (unpaired) electrons. The number of nitrogens with zero attached hydrogens (tertiary/aromatic N) is 3. The Labute approximate surface area is 142 Å². The van der Waals surface area contributed by atoms with Gasteiger partial charge in [-0.15, -0.1) is 0 Å². The summed E-state index contributed by atoms with van der Waals surface area (Å²) >= 11 is 12.2. The van der Waals surface area contributed by atoms with Crippen LogP contribution in [0.3, 0.4) is 0 Å². The standard InChI is InChI=1S/C14H15Cl2N3O4/c1-14(2)22-10-7(4-20)21-13(11(10)23-14)19-5-17-9-6(15)3-8(16)18-12(9)19/h3,5,7,10-11,13,20H,4H2,1-2H3/t7-,10-,11-,13-/m1/s1. The van der Waals surface area contributed by atoms with Gasteiger partial charge in [0.25, 0.3) is 0 Å². The SMILES string of the molecule is CC1(C)O[C@@H]2[C@H](O1)[C@@H](CO)O[C@H]2n1cnc2c(Cl)cc(Cl)nc21. The normalized spacial score (nSPS) is 32.6. The summed E-state index contributed by atoms with van der Waals surface area (Å²) < 4.78 is 19.4. The summed E-state index contributed by atoms with van der Waals surface area (Å²) in [5, 5.41) is 10.2. The predicted octanol–water partition coefficient (Wildman–Crippen LogP) is 2.15. The first-order valence-corrected chi connectivity index (χ1v) is 7.96. The highest BCUT2D eigenvalue weighted by molar-refractivity contribution is 6.37. The fraction of sp³-hybridized carbons (Fsp3) is 0.571. The second-order valence-corrected chi connectivity index (χ2v) is 6.86. The molecule has 0 spiro atoms. The van der Waals surface area contributed by atoms with Gasteiger partial charge >= 0.3 is 0 Å². The molecule has 2 aromatic heterocycles. The summed E-state index contributed by atoms with van der Waals surface area (Å²) in [6, 6.07) is 1.54. The van der Waals surface area contributed by atoms with Gasteiger partial charge in [-0.05, 0) is 19.9 Å². The quantitative estimate of drug-likeness (QED) is 0.827. The largest absolute Gasteiger partial charge is 0.394 e. The van der Waals surface area contributed by atoms with Gasteiger partial charge in [0.1, 0.15) is 29.0 Å². The van der Waals surface area contributed by atoms with Crippen LogP contribution in [0, 0.1) is 0 Å². The average Bonchev–Trinajstić information content (AvgIpc) is 3.09. The Kier molecular flexibility index (Phi) is 3.57. The third kappa shape index (κ3) is 2.43. The average molecular weight is 360 g/mol. The van der Waals surface area contributed by atoms with Gasteiger partial charge in [-0.25, -0.2) is 9.97 Å². The maximum Gasteiger partial charge on any atom is 0.166 e. The number of ether oxygens (including phenoxy) is 3. The monoisotopic (exact) mass is 359 g/mol. The zero-order valence-electron chi connectivity index (χ0n) is 12.4. The Balaban J connectivity index is 1.79. The number of aromatic nitrogens is 3. The Hall–Kier alpha value is -0.960. The van der Waals surface area contributed by atoms with Crippen LogP contribution in [0.2, 0.25) is 10.2 Å². The molecule has 7 nitrogen and oxygen atoms in total. The number of pyridine rings is 1. The lowest BCUT2D eigenvalue weighted by Gasteiger charge is -2.24. The molecule has 2 saturated heterocycles. The van der Waals surface area contributed by atoms with Crippen LogP contribution in [-0.4, -0.2) is 50.3 Å². The number of aliphatic hydroxyl groups excluding tert-OH is 1. The smallest absolute Gasteiger partial charge is 0.166 e. The molecular weight excluding hydrogens is 345 g/mol. The zero-order valence-corrected chi connectivity index (χ0v) is 14.0. The third-order valence-corrected chi connectivity index (χ3v) is 4.51. The van der Waals surface area contributed by atoms with Crippen molar-refractivity contribution in [3.8, 4) is 0 Å². The second-order valence-electron chi connectivity index (χ2n) is 6.06. The molecule has 124 valence electrons. The minimum absolute atomic E-state index is 0.168. The van der Waals surface area contributed by atoms with Crippen molar-refractivity contribution < 1.29 is 19.3 Å². The molecule has 0 aliphatic carbocycles. The van der Waals surface area contributed by atoms with E-state index < -0.39 is 18.1 Å². The maximum absolute atomic E-state index is 9.56. The van der Waals surface area contributed by atoms with Gasteiger partial charge in [0, 0.05) is 0 Å². The highest BCUT2D eigenvalue weighted by atomic mass is 35.5. The van der Waals surface area contributed by atoms with E-state index in [-0.39, 0.29) is 24.0 Å². The Bertz CT molecular complexity index is 766. The molecule has 1 N–H and O–H groups in total. The van der Waals surface area contributed by atoms with Crippen LogP contribution in [0.15, 0.2) is 12.4 Å². The van der Waals surface area contributed by atoms with E-state index in [0.29, 0.717) is 16.2 Å². The molecule has 4 heterocycles. The summed E-state index contributed by atoms with van der Waals surface area (Å²) in [6.45, 7) is 3.49. The highest BCUT2D eigenvalue weighted by Crippen LogP contribution is 2.43. The fourth-order valence-corrected chi connectivity index (χ4v) is 3.64. The van der Waals surface area contributed by atoms with Gasteiger partial charge in [-0.2, -0.15) is 0 Å². The number of fused-ring (bicyclic) bond motifs is 2. The molecule has 0 bridgehead atoms. The summed E-state index contributed by atoms with van der Waals surface area (Å²) in [5.41, 5.74) is 1.03. The van der Waals surface area contributed by atoms with Gasteiger partial charge in [-0.3, -0.25) is 4.57 Å². The minimum atomic E-state index is -0.746. The molecule has 0 aromatic carbocycles. The molecule has 9 heteroatoms. The van der Waals surface area contributed by atoms with Crippen LogP contribution in [0.4, 0.5) is 0 Å². The van der Waals surface area contributed by atoms with Crippen molar-refractivity contribution >= 4 is 34.4 Å². The lowest BCUT2D eigenvalue weighted by Crippen LogP contribution is -2.31. The number of imidazole rings is 1. The molecule has 2 aliphatic heterocycles. The van der Waals surface area contributed by atoms with Gasteiger partial charge in [0.05, 0.1) is 18.0 Å². The van der Waals surface area contributed by atoms with Crippen molar-refractivity contribution in [1.29, 1.82) is 0 Å². The summed E-state index contributed by atoms with van der Waals surface area (Å²) in [4.78, 5) is 8.56. The number of hydrogen-bond acceptors (Lipinski definition) is 6. The topological polar surface area (TPSA) is 78.6 Å². The highest BCUT2D eigenvalue weighted by Gasteiger charge is 2.55. The van der Waals surface area contributed by atoms with Gasteiger partial charge < -0.3 is 19.3 Å². The Morgan fingerprint density at radius 2 is 2.04 bits per heavy atom. The van der Waals surface area contributed by atoms with E-state index in [1.807, 2.05) is 13.8 Å². The molecular formula is C14H15Cl2N3O4. The van der Waals surface area contributed by atoms with E-state index in [2.05, 4.69) is 9.97 Å². The van der Waals surface area contributed by atoms with Crippen LogP contribution in [0.1, 0.15) is 20.1 Å². The van der Waals surface area contributed by atoms with E-state index >= 15 is 0 Å². The first-order chi connectivity index (χ1) is 10.9. The van der Waals surface area contributed by atoms with Gasteiger partial charge in [0.2, 0.25) is 0 Å². The molecule has 23 heavy (non-hydrogen) atoms. The molecule has 0 unspecified atom stereocenters. The molecule has 4 rings (SSSR count). The molecule has 4 atom stereocenters. The number of rotatable bonds is 2. The van der Waals surface area contributed by atoms with Crippen LogP contribution in [0.25, 0.3) is 11.2 Å². The van der Waals surface area contributed by atoms with Crippen molar-refractivity contribution in [3.63, 3.8) is 0 Å². The summed E-state index contributed by atoms with van der Waals surface area (Å²) in [7, 11) is 0. The Morgan fingerprint density at radius 1 is 1.30 bits per heavy atom. The fourth-order valence-electron chi connectivity index (χ4n) is 3.16. The number of aliphatic hydroxyl groups is 1. The van der Waals surface area contributed by atoms with E-state index in [4.69, 9.17) is 37.4 Å². The molecule has 0 saturated carbocycles. The molecule has 2 aliphatic rings. The first kappa shape index (κ1) is 15.6. The predicted molar refractivity (Wildman–Crippen MR) is 82.4 cm³/mol. The second kappa shape index (κ2) is 5.27. The van der Waals surface area contributed by atoms with E-state index in [0.717, 1.165) is 0 Å². The van der Waals surface area contributed by atoms with Gasteiger partial charge in [0.15, 0.2) is 17.7 Å². The number of halogens is 2. The molecule has 0 amide bonds. The van der Waals surface area contributed by atoms with Crippen molar-refractivity contribution in [2.75, 3.05) is 6.61 Å². The summed E-state index contributed by atoms with van der Waals surface area (Å²) in [6.07, 6.45) is -0.202. The van der Waals surface area contributed by atoms with Crippen molar-refractivity contribution in [2.45, 2.75) is 44.2 Å². The maximum atomic E-state index is 9.56. The lowest BCUT2D eigenvalue weighted by atomic mass is 10.1. The van der Waals surface area contributed by atoms with E-state index in [1.165, 1.54) is 6.07 Å². The van der Waals surface area contributed by atoms with E-state index in [9.17, 15) is 5.11 Å². The van der Waals surface area contributed by atoms with Crippen molar-refractivity contribution in [3.05, 3.63) is 22.6 Å². The first-order valence-electron chi connectivity index (χ1n) is 7.20. The van der Waals surface area contributed by atoms with Crippen LogP contribution >= 0.6 is 23.2 Å². The summed E-state index contributed by atoms with van der Waals surface area (Å²) in [5.74, 6) is -0.746. The molecule has 2 aromatic rings. The van der Waals surface area contributed by atoms with Crippen molar-refractivity contribution in [1.82, 2.24) is 14.5 Å². The minimum Gasteiger partial charge on any atom is -0.394 e. The van der Waals surface area contributed by atoms with Crippen LogP contribution < -0.4 is 0 Å². The lowest BCUT2D eigenvalue weighted by molar-refractivity contribution is -0.199.